The lowest BCUT2D eigenvalue weighted by Gasteiger charge is -2.18. The molecular formula is C20H27ClIN3O3. The van der Waals surface area contributed by atoms with Crippen LogP contribution in [0.25, 0.3) is 0 Å². The van der Waals surface area contributed by atoms with Gasteiger partial charge in [0, 0.05) is 13.6 Å². The molecule has 8 heteroatoms. The van der Waals surface area contributed by atoms with Crippen molar-refractivity contribution in [3.63, 3.8) is 0 Å². The van der Waals surface area contributed by atoms with Crippen LogP contribution in [0, 0.1) is 0 Å². The van der Waals surface area contributed by atoms with E-state index in [0.717, 1.165) is 5.56 Å². The van der Waals surface area contributed by atoms with Gasteiger partial charge < -0.3 is 24.8 Å². The minimum atomic E-state index is -0.0791. The maximum absolute atomic E-state index is 6.12. The molecule has 0 aliphatic heterocycles. The first-order valence-corrected chi connectivity index (χ1v) is 9.01. The molecule has 0 fully saturated rings. The predicted octanol–water partition coefficient (Wildman–Crippen LogP) is 4.11. The Morgan fingerprint density at radius 2 is 1.75 bits per heavy atom. The Labute approximate surface area is 188 Å². The summed E-state index contributed by atoms with van der Waals surface area (Å²) in [4.78, 5) is 4.23. The molecule has 0 aliphatic rings. The van der Waals surface area contributed by atoms with Gasteiger partial charge in [0.25, 0.3) is 0 Å². The summed E-state index contributed by atoms with van der Waals surface area (Å²) in [7, 11) is 4.97. The fraction of sp³-hybridized carbons (Fsp3) is 0.350. The molecule has 0 amide bonds. The molecule has 1 unspecified atom stereocenters. The summed E-state index contributed by atoms with van der Waals surface area (Å²) in [5, 5.41) is 7.11. The molecule has 0 radical (unpaired) electrons. The predicted molar refractivity (Wildman–Crippen MR) is 125 cm³/mol. The van der Waals surface area contributed by atoms with Gasteiger partial charge in [-0.3, -0.25) is 4.99 Å². The number of guanidine groups is 1. The third-order valence-electron chi connectivity index (χ3n) is 3.85. The number of ether oxygens (including phenoxy) is 3. The van der Waals surface area contributed by atoms with Gasteiger partial charge in [-0.1, -0.05) is 29.8 Å². The number of benzene rings is 2. The van der Waals surface area contributed by atoms with E-state index in [0.29, 0.717) is 41.3 Å². The van der Waals surface area contributed by atoms with E-state index in [-0.39, 0.29) is 30.1 Å². The van der Waals surface area contributed by atoms with Crippen molar-refractivity contribution in [1.82, 2.24) is 10.6 Å². The fourth-order valence-electron chi connectivity index (χ4n) is 2.44. The fourth-order valence-corrected chi connectivity index (χ4v) is 2.62. The average molecular weight is 520 g/mol. The number of hydrogen-bond donors (Lipinski definition) is 2. The molecule has 0 bridgehead atoms. The zero-order valence-electron chi connectivity index (χ0n) is 16.5. The highest BCUT2D eigenvalue weighted by Crippen LogP contribution is 2.27. The monoisotopic (exact) mass is 519 g/mol. The Kier molecular flexibility index (Phi) is 10.8. The van der Waals surface area contributed by atoms with Crippen molar-refractivity contribution in [2.45, 2.75) is 19.6 Å². The SMILES string of the molecule is CN=C(NCc1ccc(OC)c(OC)c1)NCC(C)Oc1ccccc1Cl.I. The number of nitrogens with one attached hydrogen (secondary N) is 2. The van der Waals surface area contributed by atoms with E-state index in [9.17, 15) is 0 Å². The summed E-state index contributed by atoms with van der Waals surface area (Å²) in [6, 6.07) is 13.2. The van der Waals surface area contributed by atoms with Crippen LogP contribution in [0.2, 0.25) is 5.02 Å². The van der Waals surface area contributed by atoms with Crippen molar-refractivity contribution in [1.29, 1.82) is 0 Å². The molecule has 0 heterocycles. The number of methoxy groups -OCH3 is 2. The lowest BCUT2D eigenvalue weighted by molar-refractivity contribution is 0.224. The molecule has 1 atom stereocenters. The second-order valence-corrected chi connectivity index (χ2v) is 6.26. The van der Waals surface area contributed by atoms with Crippen molar-refractivity contribution < 1.29 is 14.2 Å². The first-order chi connectivity index (χ1) is 13.1. The Morgan fingerprint density at radius 1 is 1.04 bits per heavy atom. The van der Waals surface area contributed by atoms with Gasteiger partial charge in [0.15, 0.2) is 17.5 Å². The van der Waals surface area contributed by atoms with Crippen molar-refractivity contribution in [2.24, 2.45) is 4.99 Å². The molecule has 2 rings (SSSR count). The second-order valence-electron chi connectivity index (χ2n) is 5.85. The number of para-hydroxylation sites is 1. The minimum Gasteiger partial charge on any atom is -0.493 e. The lowest BCUT2D eigenvalue weighted by atomic mass is 10.2. The van der Waals surface area contributed by atoms with Crippen LogP contribution < -0.4 is 24.8 Å². The number of halogens is 2. The first-order valence-electron chi connectivity index (χ1n) is 8.64. The van der Waals surface area contributed by atoms with Gasteiger partial charge in [0.05, 0.1) is 25.8 Å². The summed E-state index contributed by atoms with van der Waals surface area (Å²) in [6.45, 7) is 3.15. The molecule has 0 aliphatic carbocycles. The summed E-state index contributed by atoms with van der Waals surface area (Å²) in [5.74, 6) is 2.75. The van der Waals surface area contributed by atoms with Crippen LogP contribution in [0.15, 0.2) is 47.5 Å². The van der Waals surface area contributed by atoms with E-state index in [4.69, 9.17) is 25.8 Å². The zero-order valence-corrected chi connectivity index (χ0v) is 19.6. The van der Waals surface area contributed by atoms with Crippen LogP contribution in [0.4, 0.5) is 0 Å². The van der Waals surface area contributed by atoms with Gasteiger partial charge in [-0.25, -0.2) is 0 Å². The average Bonchev–Trinajstić information content (AvgIpc) is 2.69. The highest BCUT2D eigenvalue weighted by atomic mass is 127. The third-order valence-corrected chi connectivity index (χ3v) is 4.17. The zero-order chi connectivity index (χ0) is 19.6. The Bertz CT molecular complexity index is 774. The van der Waals surface area contributed by atoms with E-state index in [2.05, 4.69) is 15.6 Å². The van der Waals surface area contributed by atoms with Crippen LogP contribution in [0.5, 0.6) is 17.2 Å². The maximum Gasteiger partial charge on any atom is 0.191 e. The normalized spacial score (nSPS) is 11.8. The molecule has 2 aromatic rings. The molecule has 154 valence electrons. The first kappa shape index (κ1) is 24.2. The standard InChI is InChI=1S/C20H26ClN3O3.HI/c1-14(27-17-8-6-5-7-16(17)21)12-23-20(22-2)24-13-15-9-10-18(25-3)19(11-15)26-4;/h5-11,14H,12-13H2,1-4H3,(H2,22,23,24);1H. The number of aliphatic imine (C=N–C) groups is 1. The van der Waals surface area contributed by atoms with Crippen LogP contribution in [-0.4, -0.2) is 39.9 Å². The Morgan fingerprint density at radius 3 is 2.39 bits per heavy atom. The molecular weight excluding hydrogens is 493 g/mol. The molecule has 0 spiro atoms. The third kappa shape index (κ3) is 7.27. The number of hydrogen-bond acceptors (Lipinski definition) is 4. The van der Waals surface area contributed by atoms with E-state index >= 15 is 0 Å². The van der Waals surface area contributed by atoms with E-state index < -0.39 is 0 Å². The van der Waals surface area contributed by atoms with Gasteiger partial charge in [-0.05, 0) is 36.8 Å². The molecule has 28 heavy (non-hydrogen) atoms. The lowest BCUT2D eigenvalue weighted by Crippen LogP contribution is -2.41. The van der Waals surface area contributed by atoms with Gasteiger partial charge in [0.2, 0.25) is 0 Å². The maximum atomic E-state index is 6.12. The van der Waals surface area contributed by atoms with E-state index in [1.165, 1.54) is 0 Å². The summed E-state index contributed by atoms with van der Waals surface area (Å²) < 4.78 is 16.4. The summed E-state index contributed by atoms with van der Waals surface area (Å²) in [6.07, 6.45) is -0.0791. The molecule has 2 N–H and O–H groups in total. The van der Waals surface area contributed by atoms with Gasteiger partial charge in [-0.2, -0.15) is 0 Å². The summed E-state index contributed by atoms with van der Waals surface area (Å²) >= 11 is 6.12. The van der Waals surface area contributed by atoms with Crippen molar-refractivity contribution in [3.05, 3.63) is 53.1 Å². The second kappa shape index (κ2) is 12.6. The molecule has 2 aromatic carbocycles. The molecule has 0 saturated heterocycles. The molecule has 0 saturated carbocycles. The van der Waals surface area contributed by atoms with Crippen molar-refractivity contribution >= 4 is 41.5 Å². The topological polar surface area (TPSA) is 64.1 Å². The minimum absolute atomic E-state index is 0. The Hall–Kier alpha value is -1.87. The van der Waals surface area contributed by atoms with Crippen molar-refractivity contribution in [2.75, 3.05) is 27.8 Å². The van der Waals surface area contributed by atoms with Crippen LogP contribution in [-0.2, 0) is 6.54 Å². The van der Waals surface area contributed by atoms with Crippen molar-refractivity contribution in [3.8, 4) is 17.2 Å². The van der Waals surface area contributed by atoms with Gasteiger partial charge in [-0.15, -0.1) is 24.0 Å². The smallest absolute Gasteiger partial charge is 0.191 e. The van der Waals surface area contributed by atoms with E-state index in [1.54, 1.807) is 27.3 Å². The van der Waals surface area contributed by atoms with Crippen LogP contribution in [0.1, 0.15) is 12.5 Å². The van der Waals surface area contributed by atoms with Gasteiger partial charge >= 0.3 is 0 Å². The largest absolute Gasteiger partial charge is 0.493 e. The van der Waals surface area contributed by atoms with Gasteiger partial charge in [0.1, 0.15) is 11.9 Å². The Balaban J connectivity index is 0.00000392. The molecule has 6 nitrogen and oxygen atoms in total. The van der Waals surface area contributed by atoms with E-state index in [1.807, 2.05) is 43.3 Å². The summed E-state index contributed by atoms with van der Waals surface area (Å²) in [5.41, 5.74) is 1.05. The van der Waals surface area contributed by atoms with Crippen LogP contribution in [0.3, 0.4) is 0 Å². The highest BCUT2D eigenvalue weighted by molar-refractivity contribution is 14.0. The quantitative estimate of drug-likeness (QED) is 0.312. The van der Waals surface area contributed by atoms with Crippen LogP contribution >= 0.6 is 35.6 Å². The molecule has 0 aromatic heterocycles. The number of nitrogens with zero attached hydrogens (tertiary/aromatic N) is 1. The highest BCUT2D eigenvalue weighted by Gasteiger charge is 2.09. The number of rotatable bonds is 8.